The van der Waals surface area contributed by atoms with Crippen LogP contribution in [0.15, 0.2) is 47.7 Å². The van der Waals surface area contributed by atoms with Gasteiger partial charge in [-0.15, -0.1) is 0 Å². The average molecular weight is 473 g/mol. The number of H-pyrrole nitrogens is 1. The molecule has 0 radical (unpaired) electrons. The molecule has 0 bridgehead atoms. The fourth-order valence-electron chi connectivity index (χ4n) is 4.93. The number of carbonyl (C=O) groups excluding carboxylic acids is 1. The molecule has 1 N–H and O–H groups in total. The number of rotatable bonds is 4. The van der Waals surface area contributed by atoms with Gasteiger partial charge in [0.1, 0.15) is 31.1 Å². The molecule has 0 saturated carbocycles. The van der Waals surface area contributed by atoms with E-state index in [2.05, 4.69) is 24.8 Å². The Morgan fingerprint density at radius 1 is 1.09 bits per heavy atom. The predicted molar refractivity (Wildman–Crippen MR) is 128 cm³/mol. The molecule has 6 rings (SSSR count). The molecule has 1 fully saturated rings. The molecule has 10 nitrogen and oxygen atoms in total. The number of pyridine rings is 1. The average Bonchev–Trinajstić information content (AvgIpc) is 3.24. The highest BCUT2D eigenvalue weighted by Gasteiger charge is 2.26. The number of nitrogens with one attached hydrogen (secondary N) is 1. The molecule has 0 amide bonds. The molecule has 1 saturated heterocycles. The summed E-state index contributed by atoms with van der Waals surface area (Å²) in [6.45, 7) is 4.27. The van der Waals surface area contributed by atoms with E-state index in [4.69, 9.17) is 9.47 Å². The smallest absolute Gasteiger partial charge is 0.327 e. The van der Waals surface area contributed by atoms with Crippen molar-refractivity contribution in [3.05, 3.63) is 70.2 Å². The number of fused-ring (bicyclic) bond motifs is 2. The van der Waals surface area contributed by atoms with Crippen LogP contribution in [-0.4, -0.2) is 56.6 Å². The zero-order valence-corrected chi connectivity index (χ0v) is 19.2. The summed E-state index contributed by atoms with van der Waals surface area (Å²) < 4.78 is 13.1. The summed E-state index contributed by atoms with van der Waals surface area (Å²) in [5.41, 5.74) is 2.97. The van der Waals surface area contributed by atoms with Crippen molar-refractivity contribution in [1.82, 2.24) is 24.5 Å². The van der Waals surface area contributed by atoms with Crippen LogP contribution in [-0.2, 0) is 0 Å². The van der Waals surface area contributed by atoms with E-state index in [1.807, 2.05) is 19.1 Å². The number of ketones is 1. The number of hydrogen-bond acceptors (Lipinski definition) is 8. The Morgan fingerprint density at radius 2 is 1.91 bits per heavy atom. The number of benzene rings is 1. The van der Waals surface area contributed by atoms with E-state index in [0.29, 0.717) is 60.5 Å². The third kappa shape index (κ3) is 3.80. The van der Waals surface area contributed by atoms with Gasteiger partial charge >= 0.3 is 5.69 Å². The van der Waals surface area contributed by atoms with Gasteiger partial charge in [0, 0.05) is 37.0 Å². The molecular formula is C25H24N6O4. The lowest BCUT2D eigenvalue weighted by Gasteiger charge is -2.33. The summed E-state index contributed by atoms with van der Waals surface area (Å²) in [6.07, 6.45) is 4.65. The van der Waals surface area contributed by atoms with Crippen molar-refractivity contribution in [2.75, 3.05) is 31.2 Å². The zero-order chi connectivity index (χ0) is 23.9. The van der Waals surface area contributed by atoms with Crippen LogP contribution in [0.4, 0.5) is 5.82 Å². The summed E-state index contributed by atoms with van der Waals surface area (Å²) in [6, 6.07) is 9.07. The Hall–Kier alpha value is -4.21. The van der Waals surface area contributed by atoms with Gasteiger partial charge in [0.25, 0.3) is 0 Å². The van der Waals surface area contributed by atoms with Crippen molar-refractivity contribution in [3.63, 3.8) is 0 Å². The van der Waals surface area contributed by atoms with Gasteiger partial charge in [-0.2, -0.15) is 0 Å². The van der Waals surface area contributed by atoms with Crippen LogP contribution in [0.2, 0.25) is 0 Å². The Kier molecular flexibility index (Phi) is 5.20. The molecular weight excluding hydrogens is 448 g/mol. The number of piperidine rings is 1. The number of hydrogen-bond donors (Lipinski definition) is 1. The van der Waals surface area contributed by atoms with Gasteiger partial charge in [-0.1, -0.05) is 0 Å². The minimum Gasteiger partial charge on any atom is -0.486 e. The van der Waals surface area contributed by atoms with Gasteiger partial charge in [0.15, 0.2) is 17.1 Å². The molecule has 4 aromatic rings. The lowest BCUT2D eigenvalue weighted by Crippen LogP contribution is -2.37. The number of imidazole rings is 1. The molecule has 2 aliphatic rings. The van der Waals surface area contributed by atoms with Crippen LogP contribution in [0.5, 0.6) is 11.5 Å². The van der Waals surface area contributed by atoms with Crippen molar-refractivity contribution in [2.45, 2.75) is 25.8 Å². The molecule has 0 unspecified atom stereocenters. The fraction of sp³-hybridized carbons (Fsp3) is 0.320. The van der Waals surface area contributed by atoms with E-state index in [1.165, 1.54) is 6.33 Å². The molecule has 1 aromatic carbocycles. The predicted octanol–water partition coefficient (Wildman–Crippen LogP) is 2.67. The Balaban J connectivity index is 1.21. The van der Waals surface area contributed by atoms with Crippen molar-refractivity contribution in [1.29, 1.82) is 0 Å². The first-order valence-electron chi connectivity index (χ1n) is 11.7. The van der Waals surface area contributed by atoms with E-state index in [1.54, 1.807) is 29.0 Å². The summed E-state index contributed by atoms with van der Waals surface area (Å²) in [5.74, 6) is 1.77. The fourth-order valence-corrected chi connectivity index (χ4v) is 4.93. The molecule has 3 aromatic heterocycles. The van der Waals surface area contributed by atoms with Gasteiger partial charge in [0.05, 0.1) is 5.52 Å². The van der Waals surface area contributed by atoms with E-state index in [0.717, 1.165) is 23.9 Å². The monoisotopic (exact) mass is 472 g/mol. The number of ether oxygens (including phenoxy) is 2. The number of carbonyl (C=O) groups is 1. The lowest BCUT2D eigenvalue weighted by molar-refractivity contribution is 0.103. The van der Waals surface area contributed by atoms with Crippen LogP contribution in [0.3, 0.4) is 0 Å². The second kappa shape index (κ2) is 8.53. The van der Waals surface area contributed by atoms with E-state index >= 15 is 0 Å². The van der Waals surface area contributed by atoms with Gasteiger partial charge in [-0.05, 0) is 49.6 Å². The van der Waals surface area contributed by atoms with E-state index < -0.39 is 0 Å². The van der Waals surface area contributed by atoms with E-state index in [9.17, 15) is 9.59 Å². The summed E-state index contributed by atoms with van der Waals surface area (Å²) in [5, 5.41) is 0. The van der Waals surface area contributed by atoms with Crippen molar-refractivity contribution < 1.29 is 14.3 Å². The van der Waals surface area contributed by atoms with Crippen LogP contribution in [0.1, 0.15) is 40.5 Å². The number of aryl methyl sites for hydroxylation is 1. The van der Waals surface area contributed by atoms with Gasteiger partial charge in [-0.25, -0.2) is 19.7 Å². The second-order valence-corrected chi connectivity index (χ2v) is 8.80. The highest BCUT2D eigenvalue weighted by atomic mass is 16.6. The minimum absolute atomic E-state index is 0.0697. The summed E-state index contributed by atoms with van der Waals surface area (Å²) in [4.78, 5) is 43.6. The maximum Gasteiger partial charge on any atom is 0.327 e. The third-order valence-corrected chi connectivity index (χ3v) is 6.62. The first-order valence-corrected chi connectivity index (χ1v) is 11.7. The van der Waals surface area contributed by atoms with Crippen molar-refractivity contribution >= 4 is 22.8 Å². The second-order valence-electron chi connectivity index (χ2n) is 8.80. The summed E-state index contributed by atoms with van der Waals surface area (Å²) >= 11 is 0. The normalized spacial score (nSPS) is 16.0. The van der Waals surface area contributed by atoms with Crippen LogP contribution >= 0.6 is 0 Å². The van der Waals surface area contributed by atoms with Gasteiger partial charge in [0.2, 0.25) is 5.78 Å². The summed E-state index contributed by atoms with van der Waals surface area (Å²) in [7, 11) is 0. The molecule has 5 heterocycles. The number of aromatic amines is 1. The molecule has 10 heteroatoms. The van der Waals surface area contributed by atoms with E-state index in [-0.39, 0.29) is 17.5 Å². The molecule has 178 valence electrons. The van der Waals surface area contributed by atoms with Crippen LogP contribution < -0.4 is 20.1 Å². The molecule has 35 heavy (non-hydrogen) atoms. The highest BCUT2D eigenvalue weighted by Crippen LogP contribution is 2.35. The first kappa shape index (κ1) is 21.3. The Morgan fingerprint density at radius 3 is 2.77 bits per heavy atom. The van der Waals surface area contributed by atoms with Crippen LogP contribution in [0.25, 0.3) is 11.2 Å². The number of nitrogens with zero attached hydrogens (tertiary/aromatic N) is 5. The SMILES string of the molecule is Cc1cc(C(=O)c2cc(N3CCC(n4c(=O)[nH]c5ncccc54)CC3)ncn2)cc2c1OCCO2. The first-order chi connectivity index (χ1) is 17.1. The Bertz CT molecular complexity index is 1490. The molecule has 0 aliphatic carbocycles. The van der Waals surface area contributed by atoms with Crippen molar-refractivity contribution in [3.8, 4) is 11.5 Å². The Labute approximate surface area is 200 Å². The third-order valence-electron chi connectivity index (χ3n) is 6.62. The quantitative estimate of drug-likeness (QED) is 0.451. The number of aromatic nitrogens is 5. The van der Waals surface area contributed by atoms with Crippen molar-refractivity contribution in [2.24, 2.45) is 0 Å². The topological polar surface area (TPSA) is 115 Å². The zero-order valence-electron chi connectivity index (χ0n) is 19.2. The lowest BCUT2D eigenvalue weighted by atomic mass is 10.0. The largest absolute Gasteiger partial charge is 0.486 e. The number of anilines is 1. The maximum atomic E-state index is 13.2. The van der Waals surface area contributed by atoms with Gasteiger partial charge < -0.3 is 14.4 Å². The standard InChI is InChI=1S/C25H24N6O4/c1-15-11-16(12-20-23(15)35-10-9-34-20)22(32)18-13-21(28-14-27-18)30-7-4-17(5-8-30)31-19-3-2-6-26-24(19)29-25(31)33/h2-3,6,11-14,17H,4-5,7-10H2,1H3,(H,26,29,33). The van der Waals surface area contributed by atoms with Gasteiger partial charge in [-0.3, -0.25) is 14.3 Å². The maximum absolute atomic E-state index is 13.2. The highest BCUT2D eigenvalue weighted by molar-refractivity contribution is 6.08. The molecule has 0 spiro atoms. The van der Waals surface area contributed by atoms with Crippen LogP contribution in [0, 0.1) is 6.92 Å². The minimum atomic E-state index is -0.193. The molecule has 0 atom stereocenters. The molecule has 2 aliphatic heterocycles.